The first-order chi connectivity index (χ1) is 9.54. The van der Waals surface area contributed by atoms with Crippen LogP contribution in [0.1, 0.15) is 30.6 Å². The van der Waals surface area contributed by atoms with E-state index in [-0.39, 0.29) is 18.6 Å². The first-order valence-electron chi connectivity index (χ1n) is 6.69. The third-order valence-corrected chi connectivity index (χ3v) is 3.08. The van der Waals surface area contributed by atoms with E-state index >= 15 is 0 Å². The third kappa shape index (κ3) is 3.87. The highest BCUT2D eigenvalue weighted by Gasteiger charge is 2.22. The van der Waals surface area contributed by atoms with Crippen LogP contribution in [-0.2, 0) is 0 Å². The summed E-state index contributed by atoms with van der Waals surface area (Å²) >= 11 is 0. The lowest BCUT2D eigenvalue weighted by atomic mass is 10.1. The summed E-state index contributed by atoms with van der Waals surface area (Å²) in [5.74, 6) is 1.01. The van der Waals surface area contributed by atoms with Crippen molar-refractivity contribution in [1.82, 2.24) is 4.90 Å². The Morgan fingerprint density at radius 1 is 1.30 bits per heavy atom. The Labute approximate surface area is 120 Å². The van der Waals surface area contributed by atoms with Gasteiger partial charge in [-0.15, -0.1) is 0 Å². The van der Waals surface area contributed by atoms with Crippen molar-refractivity contribution in [2.75, 3.05) is 27.4 Å². The van der Waals surface area contributed by atoms with Crippen molar-refractivity contribution in [3.05, 3.63) is 23.8 Å². The normalized spacial score (nSPS) is 10.5. The molecule has 1 aromatic rings. The predicted molar refractivity (Wildman–Crippen MR) is 77.4 cm³/mol. The molecule has 0 spiro atoms. The molecule has 0 saturated heterocycles. The van der Waals surface area contributed by atoms with Crippen LogP contribution in [0.5, 0.6) is 11.5 Å². The molecular weight excluding hydrogens is 258 g/mol. The standard InChI is InChI=1S/C15H23NO4/c1-11(2)16(8-5-9-17)15(18)13-10-12(19-3)6-7-14(13)20-4/h6-7,10-11,17H,5,8-9H2,1-4H3. The van der Waals surface area contributed by atoms with Gasteiger partial charge in [-0.2, -0.15) is 0 Å². The van der Waals surface area contributed by atoms with Gasteiger partial charge in [-0.25, -0.2) is 0 Å². The van der Waals surface area contributed by atoms with E-state index < -0.39 is 0 Å². The van der Waals surface area contributed by atoms with Gasteiger partial charge >= 0.3 is 0 Å². The van der Waals surface area contributed by atoms with Crippen molar-refractivity contribution >= 4 is 5.91 Å². The molecule has 20 heavy (non-hydrogen) atoms. The average Bonchev–Trinajstić information content (AvgIpc) is 2.46. The zero-order chi connectivity index (χ0) is 15.1. The second-order valence-electron chi connectivity index (χ2n) is 4.74. The van der Waals surface area contributed by atoms with Crippen molar-refractivity contribution < 1.29 is 19.4 Å². The van der Waals surface area contributed by atoms with Crippen LogP contribution in [0.25, 0.3) is 0 Å². The van der Waals surface area contributed by atoms with E-state index in [2.05, 4.69) is 0 Å². The zero-order valence-corrected chi connectivity index (χ0v) is 12.5. The van der Waals surface area contributed by atoms with E-state index in [0.717, 1.165) is 0 Å². The molecule has 0 fully saturated rings. The fourth-order valence-corrected chi connectivity index (χ4v) is 1.97. The molecule has 1 amide bonds. The third-order valence-electron chi connectivity index (χ3n) is 3.08. The van der Waals surface area contributed by atoms with Crippen LogP contribution in [-0.4, -0.2) is 49.3 Å². The van der Waals surface area contributed by atoms with E-state index in [0.29, 0.717) is 30.0 Å². The van der Waals surface area contributed by atoms with E-state index in [1.807, 2.05) is 13.8 Å². The first-order valence-corrected chi connectivity index (χ1v) is 6.69. The maximum Gasteiger partial charge on any atom is 0.257 e. The van der Waals surface area contributed by atoms with Gasteiger partial charge in [0.15, 0.2) is 0 Å². The van der Waals surface area contributed by atoms with Gasteiger partial charge in [0, 0.05) is 19.2 Å². The number of benzene rings is 1. The fourth-order valence-electron chi connectivity index (χ4n) is 1.97. The highest BCUT2D eigenvalue weighted by Crippen LogP contribution is 2.26. The summed E-state index contributed by atoms with van der Waals surface area (Å²) in [5, 5.41) is 8.95. The molecule has 0 unspecified atom stereocenters. The molecule has 5 heteroatoms. The van der Waals surface area contributed by atoms with Crippen molar-refractivity contribution in [3.8, 4) is 11.5 Å². The molecular formula is C15H23NO4. The zero-order valence-electron chi connectivity index (χ0n) is 12.5. The number of rotatable bonds is 7. The minimum Gasteiger partial charge on any atom is -0.497 e. The van der Waals surface area contributed by atoms with Gasteiger partial charge < -0.3 is 19.5 Å². The number of ether oxygens (including phenoxy) is 2. The van der Waals surface area contributed by atoms with Crippen LogP contribution < -0.4 is 9.47 Å². The average molecular weight is 281 g/mol. The minimum atomic E-state index is -0.121. The Bertz CT molecular complexity index is 445. The lowest BCUT2D eigenvalue weighted by Gasteiger charge is -2.27. The molecule has 0 radical (unpaired) electrons. The molecule has 0 aliphatic heterocycles. The maximum atomic E-state index is 12.6. The van der Waals surface area contributed by atoms with Crippen molar-refractivity contribution in [1.29, 1.82) is 0 Å². The summed E-state index contributed by atoms with van der Waals surface area (Å²) in [5.41, 5.74) is 0.471. The summed E-state index contributed by atoms with van der Waals surface area (Å²) in [7, 11) is 3.09. The minimum absolute atomic E-state index is 0.0463. The molecule has 0 aliphatic carbocycles. The number of aliphatic hydroxyl groups excluding tert-OH is 1. The largest absolute Gasteiger partial charge is 0.497 e. The van der Waals surface area contributed by atoms with Crippen molar-refractivity contribution in [2.24, 2.45) is 0 Å². The van der Waals surface area contributed by atoms with Crippen LogP contribution in [0.4, 0.5) is 0 Å². The van der Waals surface area contributed by atoms with Gasteiger partial charge in [-0.1, -0.05) is 0 Å². The van der Waals surface area contributed by atoms with E-state index in [1.54, 1.807) is 30.2 Å². The number of nitrogens with zero attached hydrogens (tertiary/aromatic N) is 1. The highest BCUT2D eigenvalue weighted by atomic mass is 16.5. The highest BCUT2D eigenvalue weighted by molar-refractivity contribution is 5.97. The molecule has 0 aliphatic rings. The van der Waals surface area contributed by atoms with Crippen LogP contribution >= 0.6 is 0 Å². The van der Waals surface area contributed by atoms with Gasteiger partial charge in [0.2, 0.25) is 0 Å². The summed E-state index contributed by atoms with van der Waals surface area (Å²) in [6.45, 7) is 4.46. The molecule has 0 heterocycles. The van der Waals surface area contributed by atoms with Gasteiger partial charge in [0.1, 0.15) is 11.5 Å². The molecule has 0 saturated carbocycles. The second-order valence-corrected chi connectivity index (χ2v) is 4.74. The Morgan fingerprint density at radius 2 is 2.00 bits per heavy atom. The molecule has 1 N–H and O–H groups in total. The summed E-state index contributed by atoms with van der Waals surface area (Å²) < 4.78 is 10.4. The number of carbonyl (C=O) groups excluding carboxylic acids is 1. The van der Waals surface area contributed by atoms with E-state index in [1.165, 1.54) is 7.11 Å². The quantitative estimate of drug-likeness (QED) is 0.829. The Hall–Kier alpha value is -1.75. The number of hydrogen-bond acceptors (Lipinski definition) is 4. The summed E-state index contributed by atoms with van der Waals surface area (Å²) in [6, 6.07) is 5.19. The second kappa shape index (κ2) is 7.75. The van der Waals surface area contributed by atoms with Gasteiger partial charge in [-0.05, 0) is 38.5 Å². The van der Waals surface area contributed by atoms with Crippen molar-refractivity contribution in [3.63, 3.8) is 0 Å². The number of amides is 1. The topological polar surface area (TPSA) is 59.0 Å². The van der Waals surface area contributed by atoms with Gasteiger partial charge in [-0.3, -0.25) is 4.79 Å². The summed E-state index contributed by atoms with van der Waals surface area (Å²) in [4.78, 5) is 14.4. The van der Waals surface area contributed by atoms with Crippen LogP contribution in [0.2, 0.25) is 0 Å². The van der Waals surface area contributed by atoms with E-state index in [9.17, 15) is 4.79 Å². The molecule has 0 aromatic heterocycles. The van der Waals surface area contributed by atoms with Gasteiger partial charge in [0.25, 0.3) is 5.91 Å². The molecule has 0 atom stereocenters. The molecule has 5 nitrogen and oxygen atoms in total. The summed E-state index contributed by atoms with van der Waals surface area (Å²) in [6.07, 6.45) is 0.552. The Balaban J connectivity index is 3.09. The SMILES string of the molecule is COc1ccc(OC)c(C(=O)N(CCCO)C(C)C)c1. The molecule has 1 rings (SSSR count). The lowest BCUT2D eigenvalue weighted by Crippen LogP contribution is -2.38. The smallest absolute Gasteiger partial charge is 0.257 e. The Morgan fingerprint density at radius 3 is 2.50 bits per heavy atom. The fraction of sp³-hybridized carbons (Fsp3) is 0.533. The van der Waals surface area contributed by atoms with E-state index in [4.69, 9.17) is 14.6 Å². The van der Waals surface area contributed by atoms with Crippen LogP contribution in [0, 0.1) is 0 Å². The molecule has 112 valence electrons. The van der Waals surface area contributed by atoms with Crippen LogP contribution in [0.3, 0.4) is 0 Å². The molecule has 0 bridgehead atoms. The first kappa shape index (κ1) is 16.3. The number of hydrogen-bond donors (Lipinski definition) is 1. The molecule has 1 aromatic carbocycles. The monoisotopic (exact) mass is 281 g/mol. The van der Waals surface area contributed by atoms with Crippen LogP contribution in [0.15, 0.2) is 18.2 Å². The van der Waals surface area contributed by atoms with Crippen molar-refractivity contribution in [2.45, 2.75) is 26.3 Å². The number of carbonyl (C=O) groups is 1. The Kier molecular flexibility index (Phi) is 6.31. The number of methoxy groups -OCH3 is 2. The lowest BCUT2D eigenvalue weighted by molar-refractivity contribution is 0.0689. The van der Waals surface area contributed by atoms with Gasteiger partial charge in [0.05, 0.1) is 19.8 Å². The number of aliphatic hydroxyl groups is 1. The maximum absolute atomic E-state index is 12.6. The predicted octanol–water partition coefficient (Wildman–Crippen LogP) is 1.94.